The van der Waals surface area contributed by atoms with Crippen LogP contribution in [0, 0.1) is 0 Å². The van der Waals surface area contributed by atoms with Crippen molar-refractivity contribution >= 4 is 5.97 Å². The van der Waals surface area contributed by atoms with Crippen molar-refractivity contribution in [2.75, 3.05) is 6.61 Å². The zero-order valence-electron chi connectivity index (χ0n) is 8.15. The van der Waals surface area contributed by atoms with Gasteiger partial charge in [0.1, 0.15) is 0 Å². The zero-order chi connectivity index (χ0) is 9.84. The average Bonchev–Trinajstić information content (AvgIpc) is 2.52. The topological polar surface area (TPSA) is 44.1 Å². The lowest BCUT2D eigenvalue weighted by Crippen LogP contribution is -2.08. The van der Waals surface area contributed by atoms with Crippen LogP contribution in [0.2, 0.25) is 0 Å². The van der Waals surface area contributed by atoms with Crippen LogP contribution in [0.25, 0.3) is 0 Å². The maximum absolute atomic E-state index is 11.2. The SMILES string of the molecule is CCOC(=O)c1ccn(C(C)C)n1. The fraction of sp³-hybridized carbons (Fsp3) is 0.556. The second-order valence-electron chi connectivity index (χ2n) is 3.00. The van der Waals surface area contributed by atoms with Crippen LogP contribution in [0.4, 0.5) is 0 Å². The standard InChI is InChI=1S/C9H14N2O2/c1-4-13-9(12)8-5-6-11(10-8)7(2)3/h5-7H,4H2,1-3H3. The smallest absolute Gasteiger partial charge is 0.358 e. The van der Waals surface area contributed by atoms with Crippen molar-refractivity contribution in [1.82, 2.24) is 9.78 Å². The Kier molecular flexibility index (Phi) is 3.06. The number of carbonyl (C=O) groups is 1. The fourth-order valence-electron chi connectivity index (χ4n) is 0.940. The maximum atomic E-state index is 11.2. The van der Waals surface area contributed by atoms with Gasteiger partial charge in [-0.25, -0.2) is 4.79 Å². The Morgan fingerprint density at radius 3 is 2.85 bits per heavy atom. The van der Waals surface area contributed by atoms with E-state index in [1.165, 1.54) is 0 Å². The summed E-state index contributed by atoms with van der Waals surface area (Å²) in [4.78, 5) is 11.2. The molecular formula is C9H14N2O2. The Labute approximate surface area is 77.5 Å². The molecule has 72 valence electrons. The molecule has 1 aromatic heterocycles. The molecule has 1 heterocycles. The number of hydrogen-bond acceptors (Lipinski definition) is 3. The summed E-state index contributed by atoms with van der Waals surface area (Å²) in [5, 5.41) is 4.07. The van der Waals surface area contributed by atoms with Crippen LogP contribution in [0.15, 0.2) is 12.3 Å². The van der Waals surface area contributed by atoms with Gasteiger partial charge >= 0.3 is 5.97 Å². The minimum absolute atomic E-state index is 0.267. The molecule has 0 saturated heterocycles. The molecule has 4 heteroatoms. The Morgan fingerprint density at radius 1 is 1.69 bits per heavy atom. The molecular weight excluding hydrogens is 168 g/mol. The lowest BCUT2D eigenvalue weighted by Gasteiger charge is -2.03. The molecule has 1 rings (SSSR count). The molecule has 0 saturated carbocycles. The van der Waals surface area contributed by atoms with Crippen LogP contribution in [-0.2, 0) is 4.74 Å². The first-order valence-corrected chi connectivity index (χ1v) is 4.37. The van der Waals surface area contributed by atoms with E-state index < -0.39 is 0 Å². The predicted octanol–water partition coefficient (Wildman–Crippen LogP) is 1.64. The molecule has 0 aliphatic rings. The van der Waals surface area contributed by atoms with Gasteiger partial charge in [-0.2, -0.15) is 5.10 Å². The summed E-state index contributed by atoms with van der Waals surface area (Å²) in [6.07, 6.45) is 1.77. The third kappa shape index (κ3) is 2.31. The van der Waals surface area contributed by atoms with E-state index in [0.717, 1.165) is 0 Å². The van der Waals surface area contributed by atoms with Crippen LogP contribution in [0.5, 0.6) is 0 Å². The second kappa shape index (κ2) is 4.07. The molecule has 0 atom stereocenters. The van der Waals surface area contributed by atoms with Crippen molar-refractivity contribution in [1.29, 1.82) is 0 Å². The largest absolute Gasteiger partial charge is 0.461 e. The van der Waals surface area contributed by atoms with E-state index in [0.29, 0.717) is 12.3 Å². The molecule has 0 unspecified atom stereocenters. The lowest BCUT2D eigenvalue weighted by atomic mass is 10.4. The van der Waals surface area contributed by atoms with Crippen LogP contribution in [0.3, 0.4) is 0 Å². The Hall–Kier alpha value is -1.32. The van der Waals surface area contributed by atoms with Gasteiger partial charge in [0, 0.05) is 12.2 Å². The van der Waals surface area contributed by atoms with Gasteiger partial charge < -0.3 is 4.74 Å². The lowest BCUT2D eigenvalue weighted by molar-refractivity contribution is 0.0518. The summed E-state index contributed by atoms with van der Waals surface area (Å²) in [6, 6.07) is 1.93. The Morgan fingerprint density at radius 2 is 2.38 bits per heavy atom. The normalized spacial score (nSPS) is 10.5. The van der Waals surface area contributed by atoms with Crippen molar-refractivity contribution in [3.8, 4) is 0 Å². The highest BCUT2D eigenvalue weighted by molar-refractivity contribution is 5.86. The number of carbonyl (C=O) groups excluding carboxylic acids is 1. The third-order valence-corrected chi connectivity index (χ3v) is 1.62. The summed E-state index contributed by atoms with van der Waals surface area (Å²) in [5.41, 5.74) is 0.371. The van der Waals surface area contributed by atoms with Crippen molar-refractivity contribution in [2.45, 2.75) is 26.8 Å². The molecule has 4 nitrogen and oxygen atoms in total. The van der Waals surface area contributed by atoms with Crippen LogP contribution in [-0.4, -0.2) is 22.4 Å². The number of aromatic nitrogens is 2. The fourth-order valence-corrected chi connectivity index (χ4v) is 0.940. The molecule has 0 aliphatic heterocycles. The van der Waals surface area contributed by atoms with Crippen molar-refractivity contribution in [2.24, 2.45) is 0 Å². The van der Waals surface area contributed by atoms with Crippen LogP contribution in [0.1, 0.15) is 37.3 Å². The highest BCUT2D eigenvalue weighted by Gasteiger charge is 2.10. The molecule has 0 aromatic carbocycles. The summed E-state index contributed by atoms with van der Waals surface area (Å²) in [5.74, 6) is -0.359. The second-order valence-corrected chi connectivity index (χ2v) is 3.00. The molecule has 0 bridgehead atoms. The minimum Gasteiger partial charge on any atom is -0.461 e. The van der Waals surface area contributed by atoms with Gasteiger partial charge in [-0.15, -0.1) is 0 Å². The molecule has 0 spiro atoms. The molecule has 0 radical (unpaired) electrons. The first-order chi connectivity index (χ1) is 6.15. The highest BCUT2D eigenvalue weighted by atomic mass is 16.5. The number of esters is 1. The highest BCUT2D eigenvalue weighted by Crippen LogP contribution is 2.04. The van der Waals surface area contributed by atoms with E-state index in [-0.39, 0.29) is 12.0 Å². The summed E-state index contributed by atoms with van der Waals surface area (Å²) in [7, 11) is 0. The van der Waals surface area contributed by atoms with Crippen molar-refractivity contribution < 1.29 is 9.53 Å². The number of rotatable bonds is 3. The molecule has 0 aliphatic carbocycles. The average molecular weight is 182 g/mol. The first kappa shape index (κ1) is 9.77. The third-order valence-electron chi connectivity index (χ3n) is 1.62. The number of hydrogen-bond donors (Lipinski definition) is 0. The van der Waals surface area contributed by atoms with Crippen molar-refractivity contribution in [3.05, 3.63) is 18.0 Å². The van der Waals surface area contributed by atoms with Gasteiger partial charge in [-0.1, -0.05) is 0 Å². The monoisotopic (exact) mass is 182 g/mol. The number of ether oxygens (including phenoxy) is 1. The van der Waals surface area contributed by atoms with Gasteiger partial charge in [-0.05, 0) is 26.8 Å². The van der Waals surface area contributed by atoms with Gasteiger partial charge in [0.2, 0.25) is 0 Å². The molecule has 0 N–H and O–H groups in total. The van der Waals surface area contributed by atoms with Gasteiger partial charge in [0.05, 0.1) is 6.61 Å². The quantitative estimate of drug-likeness (QED) is 0.667. The molecule has 1 aromatic rings. The molecule has 0 fully saturated rings. The van der Waals surface area contributed by atoms with Crippen molar-refractivity contribution in [3.63, 3.8) is 0 Å². The van der Waals surface area contributed by atoms with E-state index in [1.54, 1.807) is 23.9 Å². The zero-order valence-corrected chi connectivity index (χ0v) is 8.15. The Bertz CT molecular complexity index is 292. The molecule has 0 amide bonds. The molecule has 13 heavy (non-hydrogen) atoms. The van der Waals surface area contributed by atoms with E-state index in [1.807, 2.05) is 13.8 Å². The minimum atomic E-state index is -0.359. The van der Waals surface area contributed by atoms with Crippen LogP contribution < -0.4 is 0 Å². The van der Waals surface area contributed by atoms with Crippen LogP contribution >= 0.6 is 0 Å². The predicted molar refractivity (Wildman–Crippen MR) is 48.6 cm³/mol. The van der Waals surface area contributed by atoms with Gasteiger partial charge in [-0.3, -0.25) is 4.68 Å². The summed E-state index contributed by atoms with van der Waals surface area (Å²) >= 11 is 0. The van der Waals surface area contributed by atoms with E-state index in [2.05, 4.69) is 5.10 Å². The van der Waals surface area contributed by atoms with E-state index in [9.17, 15) is 4.79 Å². The summed E-state index contributed by atoms with van der Waals surface area (Å²) in [6.45, 7) is 6.16. The van der Waals surface area contributed by atoms with Gasteiger partial charge in [0.15, 0.2) is 5.69 Å². The number of nitrogens with zero attached hydrogens (tertiary/aromatic N) is 2. The van der Waals surface area contributed by atoms with E-state index in [4.69, 9.17) is 4.74 Å². The summed E-state index contributed by atoms with van der Waals surface area (Å²) < 4.78 is 6.53. The first-order valence-electron chi connectivity index (χ1n) is 4.37. The Balaban J connectivity index is 2.73. The maximum Gasteiger partial charge on any atom is 0.358 e. The van der Waals surface area contributed by atoms with E-state index >= 15 is 0 Å². The van der Waals surface area contributed by atoms with Gasteiger partial charge in [0.25, 0.3) is 0 Å².